The van der Waals surface area contributed by atoms with Crippen LogP contribution in [0.1, 0.15) is 182 Å². The SMILES string of the molecule is CC[C@H](C)[C@@H]([C@@H](CC(=O)N1CCC[C@H]1[C@H](OC)[C@@H](C)C(=O)C[C@H](C)[C@@H](O)c1ccccc1)OC)N(C)C(=O)[C@@H](NC(=O)[C@H](C(C)C)N(C)C(=O)OCc1ccc(CC(=O)CCCNC(=O)[C@H](CCCNC(N)=O)CC(=O)[C@@H](N[C@@H](CCCCCN2C(=O)C=CC2=O)C(F)(F)F)C(C)C)cc1)C(C)C. The van der Waals surface area contributed by atoms with E-state index in [1.165, 1.54) is 26.2 Å². The third-order valence-electron chi connectivity index (χ3n) is 20.0. The molecule has 24 nitrogen and oxygen atoms in total. The molecule has 2 aliphatic heterocycles. The Hall–Kier alpha value is -7.62. The van der Waals surface area contributed by atoms with Crippen molar-refractivity contribution in [3.63, 3.8) is 0 Å². The Morgan fingerprint density at radius 3 is 1.89 bits per heavy atom. The molecular formula is C76H116F3N9O15. The summed E-state index contributed by atoms with van der Waals surface area (Å²) in [6.45, 7) is 18.4. The molecule has 1 saturated heterocycles. The summed E-state index contributed by atoms with van der Waals surface area (Å²) in [5.74, 6) is -7.12. The number of alkyl halides is 3. The number of aliphatic hydroxyl groups is 1. The number of benzene rings is 2. The highest BCUT2D eigenvalue weighted by Crippen LogP contribution is 2.33. The molecule has 13 atom stereocenters. The first-order valence-electron chi connectivity index (χ1n) is 36.4. The Labute approximate surface area is 606 Å². The van der Waals surface area contributed by atoms with Crippen molar-refractivity contribution in [1.29, 1.82) is 0 Å². The molecule has 0 aromatic heterocycles. The van der Waals surface area contributed by atoms with Gasteiger partial charge in [0.05, 0.1) is 42.9 Å². The van der Waals surface area contributed by atoms with Gasteiger partial charge in [-0.2, -0.15) is 13.2 Å². The molecule has 0 radical (unpaired) electrons. The number of nitrogens with two attached hydrogens (primary N) is 1. The number of unbranched alkanes of at least 4 members (excludes halogenated alkanes) is 2. The van der Waals surface area contributed by atoms with E-state index in [-0.39, 0.29) is 120 Å². The number of hydrogen-bond donors (Lipinski definition) is 6. The van der Waals surface area contributed by atoms with Gasteiger partial charge in [-0.3, -0.25) is 58.3 Å². The molecule has 1 fully saturated rings. The molecule has 27 heteroatoms. The van der Waals surface area contributed by atoms with Crippen LogP contribution in [-0.4, -0.2) is 199 Å². The van der Waals surface area contributed by atoms with Crippen molar-refractivity contribution < 1.29 is 85.2 Å². The Morgan fingerprint density at radius 2 is 1.32 bits per heavy atom. The van der Waals surface area contributed by atoms with E-state index >= 15 is 0 Å². The molecule has 7 N–H and O–H groups in total. The number of likely N-dealkylation sites (N-methyl/N-ethyl adjacent to an activating group) is 2. The van der Waals surface area contributed by atoms with E-state index in [4.69, 9.17) is 19.9 Å². The normalized spacial score (nSPS) is 17.5. The fourth-order valence-electron chi connectivity index (χ4n) is 13.8. The van der Waals surface area contributed by atoms with Crippen LogP contribution < -0.4 is 27.0 Å². The number of carbonyl (C=O) groups excluding carboxylic acids is 11. The predicted molar refractivity (Wildman–Crippen MR) is 383 cm³/mol. The van der Waals surface area contributed by atoms with Gasteiger partial charge in [-0.1, -0.05) is 143 Å². The number of likely N-dealkylation sites (tertiary alicyclic amines) is 1. The number of nitrogens with zero attached hydrogens (tertiary/aromatic N) is 4. The predicted octanol–water partition coefficient (Wildman–Crippen LogP) is 8.73. The summed E-state index contributed by atoms with van der Waals surface area (Å²) in [7, 11) is 6.12. The molecule has 103 heavy (non-hydrogen) atoms. The van der Waals surface area contributed by atoms with Crippen molar-refractivity contribution >= 4 is 64.9 Å². The van der Waals surface area contributed by atoms with E-state index < -0.39 is 144 Å². The van der Waals surface area contributed by atoms with Gasteiger partial charge in [0.25, 0.3) is 11.8 Å². The van der Waals surface area contributed by atoms with Gasteiger partial charge in [0.2, 0.25) is 23.6 Å². The van der Waals surface area contributed by atoms with Crippen molar-refractivity contribution in [2.45, 2.75) is 233 Å². The second-order valence-corrected chi connectivity index (χ2v) is 28.9. The second-order valence-electron chi connectivity index (χ2n) is 28.9. The van der Waals surface area contributed by atoms with Crippen LogP contribution in [0.2, 0.25) is 0 Å². The van der Waals surface area contributed by atoms with Gasteiger partial charge in [0, 0.05) is 104 Å². The first-order valence-corrected chi connectivity index (χ1v) is 36.4. The Balaban J connectivity index is 1.31. The number of ketones is 3. The number of ether oxygens (including phenoxy) is 3. The van der Waals surface area contributed by atoms with Gasteiger partial charge >= 0.3 is 18.3 Å². The second kappa shape index (κ2) is 43.0. The molecule has 0 bridgehead atoms. The first-order chi connectivity index (χ1) is 48.6. The number of amides is 9. The van der Waals surface area contributed by atoms with Gasteiger partial charge < -0.3 is 50.8 Å². The molecule has 4 rings (SSSR count). The smallest absolute Gasteiger partial charge is 0.410 e. The van der Waals surface area contributed by atoms with Crippen LogP contribution in [0.25, 0.3) is 0 Å². The van der Waals surface area contributed by atoms with E-state index in [1.807, 2.05) is 51.1 Å². The lowest BCUT2D eigenvalue weighted by Crippen LogP contribution is -2.60. The van der Waals surface area contributed by atoms with Crippen LogP contribution in [0.3, 0.4) is 0 Å². The van der Waals surface area contributed by atoms with Gasteiger partial charge in [-0.15, -0.1) is 0 Å². The number of rotatable bonds is 46. The first kappa shape index (κ1) is 87.8. The quantitative estimate of drug-likeness (QED) is 0.0266. The topological polar surface area (TPSA) is 323 Å². The van der Waals surface area contributed by atoms with E-state index in [1.54, 1.807) is 89.6 Å². The lowest BCUT2D eigenvalue weighted by atomic mass is 9.85. The van der Waals surface area contributed by atoms with Gasteiger partial charge in [-0.25, -0.2) is 9.59 Å². The standard InChI is InChI=1S/C76H116F3N9O15/c1-15-49(8)68(60(101-13)44-64(94)87-40-24-29-57(87)70(102-14)51(10)58(90)41-50(9)69(95)54-25-18-16-19-26-54)85(11)73(98)66(47(4)5)84-72(97)67(48(6)7)86(12)75(100)103-45-53-33-31-52(32-34-53)42-56(89)28-23-37-81-71(96)55(27-22-38-82-74(80)99)43-59(91)65(46(2)3)83-61(76(77,78)79)30-20-17-21-39-88-62(92)35-36-63(88)93/h16,18-19,25-26,31-36,46-51,55,57,60-61,65-70,83,95H,15,17,20-24,27-30,37-45H2,1-14H3,(H,81,96)(H,84,97)(H3,80,82,99)/t49-,50-,51-,55+,57-,60+,61-,65-,66-,67-,68-,69+,70+/m0/s1. The Morgan fingerprint density at radius 1 is 0.699 bits per heavy atom. The van der Waals surface area contributed by atoms with Crippen LogP contribution in [0, 0.1) is 41.4 Å². The van der Waals surface area contributed by atoms with E-state index in [0.717, 1.165) is 22.6 Å². The van der Waals surface area contributed by atoms with E-state index in [0.29, 0.717) is 43.4 Å². The average Bonchev–Trinajstić information content (AvgIpc) is 1.55. The minimum atomic E-state index is -4.72. The summed E-state index contributed by atoms with van der Waals surface area (Å²) in [5, 5.41) is 21.7. The van der Waals surface area contributed by atoms with Crippen molar-refractivity contribution in [2.75, 3.05) is 54.5 Å². The zero-order valence-corrected chi connectivity index (χ0v) is 62.9. The average molecular weight is 1450 g/mol. The highest BCUT2D eigenvalue weighted by atomic mass is 19.4. The molecule has 9 amide bonds. The number of methoxy groups -OCH3 is 2. The van der Waals surface area contributed by atoms with Crippen molar-refractivity contribution in [3.05, 3.63) is 83.4 Å². The third kappa shape index (κ3) is 27.1. The van der Waals surface area contributed by atoms with Gasteiger partial charge in [0.15, 0.2) is 5.78 Å². The van der Waals surface area contributed by atoms with Crippen LogP contribution in [-0.2, 0) is 70.4 Å². The van der Waals surface area contributed by atoms with Crippen molar-refractivity contribution in [1.82, 2.24) is 40.9 Å². The molecule has 0 aliphatic carbocycles. The fraction of sp³-hybridized carbons (Fsp3) is 0.671. The fourth-order valence-corrected chi connectivity index (χ4v) is 13.8. The molecular weight excluding hydrogens is 1340 g/mol. The van der Waals surface area contributed by atoms with Crippen molar-refractivity contribution in [2.24, 2.45) is 47.2 Å². The third-order valence-corrected chi connectivity index (χ3v) is 20.0. The summed E-state index contributed by atoms with van der Waals surface area (Å²) < 4.78 is 61.0. The molecule has 576 valence electrons. The summed E-state index contributed by atoms with van der Waals surface area (Å²) in [6.07, 6.45) is -2.95. The number of carbonyl (C=O) groups is 11. The molecule has 0 unspecified atom stereocenters. The molecule has 2 aromatic carbocycles. The number of primary amides is 1. The lowest BCUT2D eigenvalue weighted by molar-refractivity contribution is -0.161. The summed E-state index contributed by atoms with van der Waals surface area (Å²) in [4.78, 5) is 152. The minimum absolute atomic E-state index is 0.0391. The number of aliphatic hydroxyl groups excluding tert-OH is 1. The summed E-state index contributed by atoms with van der Waals surface area (Å²) >= 11 is 0. The number of urea groups is 1. The number of Topliss-reactive ketones (excluding diaryl/α,β-unsaturated/α-hetero) is 3. The van der Waals surface area contributed by atoms with Gasteiger partial charge in [0.1, 0.15) is 36.3 Å². The molecule has 2 aliphatic rings. The van der Waals surface area contributed by atoms with Crippen molar-refractivity contribution in [3.8, 4) is 0 Å². The largest absolute Gasteiger partial charge is 0.445 e. The molecule has 2 heterocycles. The van der Waals surface area contributed by atoms with E-state index in [2.05, 4.69) is 21.3 Å². The van der Waals surface area contributed by atoms with Crippen LogP contribution >= 0.6 is 0 Å². The van der Waals surface area contributed by atoms with Crippen LogP contribution in [0.5, 0.6) is 0 Å². The zero-order valence-electron chi connectivity index (χ0n) is 62.9. The summed E-state index contributed by atoms with van der Waals surface area (Å²) in [5.41, 5.74) is 7.17. The Bertz CT molecular complexity index is 3120. The molecule has 0 saturated carbocycles. The maximum Gasteiger partial charge on any atom is 0.410 e. The summed E-state index contributed by atoms with van der Waals surface area (Å²) in [6, 6.07) is 8.71. The zero-order chi connectivity index (χ0) is 77.0. The molecule has 0 spiro atoms. The van der Waals surface area contributed by atoms with Crippen LogP contribution in [0.15, 0.2) is 66.7 Å². The number of imide groups is 1. The lowest BCUT2D eigenvalue weighted by Gasteiger charge is -2.41. The van der Waals surface area contributed by atoms with E-state index in [9.17, 15) is 71.0 Å². The monoisotopic (exact) mass is 1450 g/mol. The highest BCUT2D eigenvalue weighted by Gasteiger charge is 2.45. The minimum Gasteiger partial charge on any atom is -0.445 e. The molecule has 2 aromatic rings. The Kier molecular flexibility index (Phi) is 36.6. The van der Waals surface area contributed by atoms with Gasteiger partial charge in [-0.05, 0) is 91.2 Å². The number of nitrogens with one attached hydrogen (secondary N) is 4. The highest BCUT2D eigenvalue weighted by molar-refractivity contribution is 6.12. The maximum atomic E-state index is 14.8. The number of halogens is 3. The maximum absolute atomic E-state index is 14.8. The van der Waals surface area contributed by atoms with Crippen LogP contribution in [0.4, 0.5) is 22.8 Å². The number of hydrogen-bond acceptors (Lipinski definition) is 16.